The van der Waals surface area contributed by atoms with E-state index in [1.165, 1.54) is 6.07 Å². The molecule has 3 rings (SSSR count). The predicted octanol–water partition coefficient (Wildman–Crippen LogP) is 2.85. The highest BCUT2D eigenvalue weighted by atomic mass is 35.5. The molecule has 6 nitrogen and oxygen atoms in total. The molecule has 1 aromatic heterocycles. The summed E-state index contributed by atoms with van der Waals surface area (Å²) in [7, 11) is 0. The summed E-state index contributed by atoms with van der Waals surface area (Å²) in [6, 6.07) is 4.60. The predicted molar refractivity (Wildman–Crippen MR) is 69.5 cm³/mol. The third-order valence-corrected chi connectivity index (χ3v) is 3.14. The lowest BCUT2D eigenvalue weighted by molar-refractivity contribution is 0.0686. The van der Waals surface area contributed by atoms with Gasteiger partial charge in [0, 0.05) is 24.1 Å². The summed E-state index contributed by atoms with van der Waals surface area (Å²) in [5, 5.41) is 12.7. The average Bonchev–Trinajstić information content (AvgIpc) is 2.79. The Bertz CT molecular complexity index is 667. The van der Waals surface area contributed by atoms with Crippen molar-refractivity contribution in [3.05, 3.63) is 28.9 Å². The van der Waals surface area contributed by atoms with E-state index < -0.39 is 5.97 Å². The zero-order chi connectivity index (χ0) is 14.1. The molecule has 104 valence electrons. The number of halogens is 1. The lowest BCUT2D eigenvalue weighted by atomic mass is 10.1. The Kier molecular flexibility index (Phi) is 3.23. The normalized spacial score (nSPS) is 13.8. The van der Waals surface area contributed by atoms with E-state index in [2.05, 4.69) is 5.16 Å². The lowest BCUT2D eigenvalue weighted by Gasteiger charge is -2.09. The van der Waals surface area contributed by atoms with Crippen LogP contribution in [0.15, 0.2) is 22.7 Å². The minimum absolute atomic E-state index is 0.178. The third kappa shape index (κ3) is 2.30. The second-order valence-electron chi connectivity index (χ2n) is 4.21. The SMILES string of the molecule is O=C(O)c1cc(-c2cc3c(cc2Cl)OCCCO3)on1. The van der Waals surface area contributed by atoms with Gasteiger partial charge in [0.25, 0.3) is 0 Å². The van der Waals surface area contributed by atoms with E-state index in [0.29, 0.717) is 35.3 Å². The van der Waals surface area contributed by atoms with Gasteiger partial charge in [-0.3, -0.25) is 0 Å². The van der Waals surface area contributed by atoms with Crippen LogP contribution in [0.25, 0.3) is 11.3 Å². The van der Waals surface area contributed by atoms with E-state index in [-0.39, 0.29) is 11.5 Å². The summed E-state index contributed by atoms with van der Waals surface area (Å²) < 4.78 is 16.1. The first-order valence-corrected chi connectivity index (χ1v) is 6.32. The van der Waals surface area contributed by atoms with Gasteiger partial charge in [0.05, 0.1) is 18.2 Å². The second-order valence-corrected chi connectivity index (χ2v) is 4.62. The van der Waals surface area contributed by atoms with Crippen molar-refractivity contribution in [3.8, 4) is 22.8 Å². The van der Waals surface area contributed by atoms with Gasteiger partial charge in [-0.15, -0.1) is 0 Å². The van der Waals surface area contributed by atoms with E-state index in [1.54, 1.807) is 12.1 Å². The van der Waals surface area contributed by atoms with E-state index in [4.69, 9.17) is 30.7 Å². The number of aromatic carboxylic acids is 1. The number of carboxylic acid groups (broad SMARTS) is 1. The quantitative estimate of drug-likeness (QED) is 0.917. The van der Waals surface area contributed by atoms with Gasteiger partial charge in [0.2, 0.25) is 0 Å². The van der Waals surface area contributed by atoms with Gasteiger partial charge < -0.3 is 19.1 Å². The molecule has 0 aliphatic carbocycles. The Hall–Kier alpha value is -2.21. The zero-order valence-electron chi connectivity index (χ0n) is 10.3. The summed E-state index contributed by atoms with van der Waals surface area (Å²) in [6.07, 6.45) is 0.785. The van der Waals surface area contributed by atoms with Crippen LogP contribution in [-0.4, -0.2) is 29.4 Å². The highest BCUT2D eigenvalue weighted by molar-refractivity contribution is 6.33. The van der Waals surface area contributed by atoms with Crippen LogP contribution in [0.2, 0.25) is 5.02 Å². The first-order chi connectivity index (χ1) is 9.65. The molecule has 0 unspecified atom stereocenters. The monoisotopic (exact) mass is 295 g/mol. The van der Waals surface area contributed by atoms with Crippen LogP contribution in [0.5, 0.6) is 11.5 Å². The maximum absolute atomic E-state index is 10.8. The summed E-state index contributed by atoms with van der Waals surface area (Å²) in [4.78, 5) is 10.8. The third-order valence-electron chi connectivity index (χ3n) is 2.83. The Morgan fingerprint density at radius 3 is 2.55 bits per heavy atom. The number of ether oxygens (including phenoxy) is 2. The van der Waals surface area contributed by atoms with E-state index in [1.807, 2.05) is 0 Å². The molecule has 0 fully saturated rings. The molecule has 2 aromatic rings. The number of nitrogens with zero attached hydrogens (tertiary/aromatic N) is 1. The number of hydrogen-bond donors (Lipinski definition) is 1. The molecule has 1 aliphatic heterocycles. The van der Waals surface area contributed by atoms with Crippen molar-refractivity contribution in [2.45, 2.75) is 6.42 Å². The highest BCUT2D eigenvalue weighted by Crippen LogP contribution is 2.39. The van der Waals surface area contributed by atoms with Crippen LogP contribution in [0.4, 0.5) is 0 Å². The molecule has 0 spiro atoms. The minimum Gasteiger partial charge on any atom is -0.490 e. The number of fused-ring (bicyclic) bond motifs is 1. The Balaban J connectivity index is 2.04. The zero-order valence-corrected chi connectivity index (χ0v) is 11.0. The van der Waals surface area contributed by atoms with Gasteiger partial charge in [0.15, 0.2) is 23.0 Å². The molecule has 0 saturated heterocycles. The number of hydrogen-bond acceptors (Lipinski definition) is 5. The topological polar surface area (TPSA) is 81.8 Å². The smallest absolute Gasteiger partial charge is 0.358 e. The Labute approximate surface area is 118 Å². The molecular weight excluding hydrogens is 286 g/mol. The van der Waals surface area contributed by atoms with Crippen molar-refractivity contribution in [1.29, 1.82) is 0 Å². The molecule has 20 heavy (non-hydrogen) atoms. The van der Waals surface area contributed by atoms with Gasteiger partial charge in [-0.25, -0.2) is 4.79 Å². The fourth-order valence-electron chi connectivity index (χ4n) is 1.88. The van der Waals surface area contributed by atoms with Gasteiger partial charge >= 0.3 is 5.97 Å². The van der Waals surface area contributed by atoms with Gasteiger partial charge in [-0.1, -0.05) is 16.8 Å². The molecule has 7 heteroatoms. The molecule has 0 radical (unpaired) electrons. The van der Waals surface area contributed by atoms with Crippen molar-refractivity contribution in [1.82, 2.24) is 5.16 Å². The fourth-order valence-corrected chi connectivity index (χ4v) is 2.12. The van der Waals surface area contributed by atoms with E-state index in [9.17, 15) is 4.79 Å². The second kappa shape index (κ2) is 5.05. The van der Waals surface area contributed by atoms with Crippen molar-refractivity contribution in [2.24, 2.45) is 0 Å². The standard InChI is InChI=1S/C13H10ClNO5/c14-8-5-12-11(18-2-1-3-19-12)4-7(8)10-6-9(13(16)17)15-20-10/h4-6H,1-3H2,(H,16,17). The largest absolute Gasteiger partial charge is 0.490 e. The summed E-state index contributed by atoms with van der Waals surface area (Å²) >= 11 is 6.17. The van der Waals surface area contributed by atoms with E-state index in [0.717, 1.165) is 6.42 Å². The van der Waals surface area contributed by atoms with Gasteiger partial charge in [-0.2, -0.15) is 0 Å². The number of benzene rings is 1. The van der Waals surface area contributed by atoms with Crippen LogP contribution in [-0.2, 0) is 0 Å². The summed E-state index contributed by atoms with van der Waals surface area (Å²) in [6.45, 7) is 1.11. The summed E-state index contributed by atoms with van der Waals surface area (Å²) in [5.74, 6) is 0.220. The number of carboxylic acids is 1. The van der Waals surface area contributed by atoms with Crippen LogP contribution < -0.4 is 9.47 Å². The fraction of sp³-hybridized carbons (Fsp3) is 0.231. The first kappa shape index (κ1) is 12.8. The van der Waals surface area contributed by atoms with Crippen molar-refractivity contribution >= 4 is 17.6 Å². The summed E-state index contributed by atoms with van der Waals surface area (Å²) in [5.41, 5.74) is 0.332. The molecule has 0 atom stereocenters. The maximum Gasteiger partial charge on any atom is 0.358 e. The van der Waals surface area contributed by atoms with Gasteiger partial charge in [-0.05, 0) is 6.07 Å². The molecule has 1 aromatic carbocycles. The molecule has 1 N–H and O–H groups in total. The molecule has 0 bridgehead atoms. The van der Waals surface area contributed by atoms with Crippen LogP contribution in [0.3, 0.4) is 0 Å². The van der Waals surface area contributed by atoms with Crippen LogP contribution in [0.1, 0.15) is 16.9 Å². The highest BCUT2D eigenvalue weighted by Gasteiger charge is 2.19. The molecule has 2 heterocycles. The van der Waals surface area contributed by atoms with Gasteiger partial charge in [0.1, 0.15) is 0 Å². The van der Waals surface area contributed by atoms with Crippen molar-refractivity contribution in [3.63, 3.8) is 0 Å². The van der Waals surface area contributed by atoms with Crippen LogP contribution in [0, 0.1) is 0 Å². The lowest BCUT2D eigenvalue weighted by Crippen LogP contribution is -1.97. The van der Waals surface area contributed by atoms with Crippen LogP contribution >= 0.6 is 11.6 Å². The van der Waals surface area contributed by atoms with E-state index >= 15 is 0 Å². The van der Waals surface area contributed by atoms with Crippen molar-refractivity contribution < 1.29 is 23.9 Å². The number of carbonyl (C=O) groups is 1. The molecule has 0 amide bonds. The minimum atomic E-state index is -1.16. The maximum atomic E-state index is 10.8. The number of rotatable bonds is 2. The Morgan fingerprint density at radius 1 is 1.20 bits per heavy atom. The molecular formula is C13H10ClNO5. The molecule has 1 aliphatic rings. The average molecular weight is 296 g/mol. The first-order valence-electron chi connectivity index (χ1n) is 5.94. The Morgan fingerprint density at radius 2 is 1.90 bits per heavy atom. The molecule has 0 saturated carbocycles. The number of aromatic nitrogens is 1. The van der Waals surface area contributed by atoms with Crippen molar-refractivity contribution in [2.75, 3.05) is 13.2 Å².